The number of rotatable bonds is 6. The number of carbonyl (C=O) groups excluding carboxylic acids is 1. The van der Waals surface area contributed by atoms with Crippen LogP contribution in [0.2, 0.25) is 5.02 Å². The van der Waals surface area contributed by atoms with Crippen molar-refractivity contribution in [3.63, 3.8) is 0 Å². The molecule has 1 amide bonds. The average Bonchev–Trinajstić information content (AvgIpc) is 2.35. The van der Waals surface area contributed by atoms with Gasteiger partial charge in [0.05, 0.1) is 0 Å². The second kappa shape index (κ2) is 7.64. The molecule has 1 unspecified atom stereocenters. The van der Waals surface area contributed by atoms with E-state index in [9.17, 15) is 4.79 Å². The standard InChI is InChI=1S/C13H17BrClNO2/c1-9(2)12(14)7-16-13(17)8-18-11-5-3-10(15)4-6-11/h3-6,9,12H,7-8H2,1-2H3,(H,16,17). The van der Waals surface area contributed by atoms with Gasteiger partial charge in [0.2, 0.25) is 0 Å². The monoisotopic (exact) mass is 333 g/mol. The Morgan fingerprint density at radius 2 is 2.00 bits per heavy atom. The molecule has 0 fully saturated rings. The normalized spacial score (nSPS) is 12.3. The van der Waals surface area contributed by atoms with E-state index in [1.54, 1.807) is 24.3 Å². The lowest BCUT2D eigenvalue weighted by Gasteiger charge is -2.14. The summed E-state index contributed by atoms with van der Waals surface area (Å²) in [5, 5.41) is 3.45. The zero-order valence-corrected chi connectivity index (χ0v) is 12.8. The summed E-state index contributed by atoms with van der Waals surface area (Å²) < 4.78 is 5.33. The van der Waals surface area contributed by atoms with Gasteiger partial charge < -0.3 is 10.1 Å². The Hall–Kier alpha value is -0.740. The summed E-state index contributed by atoms with van der Waals surface area (Å²) in [6.45, 7) is 4.80. The number of carbonyl (C=O) groups is 1. The topological polar surface area (TPSA) is 38.3 Å². The molecule has 0 spiro atoms. The van der Waals surface area contributed by atoms with Crippen molar-refractivity contribution in [1.82, 2.24) is 5.32 Å². The first kappa shape index (κ1) is 15.3. The van der Waals surface area contributed by atoms with Crippen LogP contribution in [0.1, 0.15) is 13.8 Å². The summed E-state index contributed by atoms with van der Waals surface area (Å²) >= 11 is 9.25. The van der Waals surface area contributed by atoms with Gasteiger partial charge in [0.15, 0.2) is 6.61 Å². The lowest BCUT2D eigenvalue weighted by Crippen LogP contribution is -2.34. The number of benzene rings is 1. The van der Waals surface area contributed by atoms with Crippen LogP contribution in [0.3, 0.4) is 0 Å². The molecule has 0 saturated carbocycles. The molecule has 1 N–H and O–H groups in total. The van der Waals surface area contributed by atoms with E-state index >= 15 is 0 Å². The van der Waals surface area contributed by atoms with Gasteiger partial charge in [-0.15, -0.1) is 0 Å². The van der Waals surface area contributed by atoms with Gasteiger partial charge in [0.25, 0.3) is 5.91 Å². The number of halogens is 2. The summed E-state index contributed by atoms with van der Waals surface area (Å²) in [4.78, 5) is 11.8. The van der Waals surface area contributed by atoms with Crippen molar-refractivity contribution in [1.29, 1.82) is 0 Å². The van der Waals surface area contributed by atoms with E-state index in [0.29, 0.717) is 23.2 Å². The smallest absolute Gasteiger partial charge is 0.257 e. The zero-order valence-electron chi connectivity index (χ0n) is 10.5. The third kappa shape index (κ3) is 5.74. The highest BCUT2D eigenvalue weighted by molar-refractivity contribution is 9.09. The number of hydrogen-bond donors (Lipinski definition) is 1. The van der Waals surface area contributed by atoms with Gasteiger partial charge in [0, 0.05) is 16.4 Å². The van der Waals surface area contributed by atoms with Gasteiger partial charge in [-0.25, -0.2) is 0 Å². The Kier molecular flexibility index (Phi) is 6.50. The molecule has 1 aromatic rings. The van der Waals surface area contributed by atoms with Crippen molar-refractivity contribution < 1.29 is 9.53 Å². The predicted molar refractivity (Wildman–Crippen MR) is 77.5 cm³/mol. The van der Waals surface area contributed by atoms with E-state index < -0.39 is 0 Å². The molecule has 0 aromatic heterocycles. The van der Waals surface area contributed by atoms with Gasteiger partial charge in [-0.05, 0) is 30.2 Å². The lowest BCUT2D eigenvalue weighted by molar-refractivity contribution is -0.123. The van der Waals surface area contributed by atoms with E-state index in [0.717, 1.165) is 0 Å². The molecular weight excluding hydrogens is 318 g/mol. The quantitative estimate of drug-likeness (QED) is 0.811. The Balaban J connectivity index is 2.27. The van der Waals surface area contributed by atoms with Crippen molar-refractivity contribution in [2.75, 3.05) is 13.2 Å². The minimum absolute atomic E-state index is 0.0133. The van der Waals surface area contributed by atoms with Crippen LogP contribution >= 0.6 is 27.5 Å². The molecule has 1 atom stereocenters. The lowest BCUT2D eigenvalue weighted by atomic mass is 10.1. The van der Waals surface area contributed by atoms with Crippen LogP contribution in [0.15, 0.2) is 24.3 Å². The van der Waals surface area contributed by atoms with Gasteiger partial charge in [-0.1, -0.05) is 41.4 Å². The highest BCUT2D eigenvalue weighted by Crippen LogP contribution is 2.15. The summed E-state index contributed by atoms with van der Waals surface area (Å²) in [5.74, 6) is 0.978. The largest absolute Gasteiger partial charge is 0.484 e. The molecule has 1 aromatic carbocycles. The molecule has 0 saturated heterocycles. The molecule has 0 aliphatic heterocycles. The van der Waals surface area contributed by atoms with Crippen LogP contribution in [-0.2, 0) is 4.79 Å². The van der Waals surface area contributed by atoms with E-state index in [4.69, 9.17) is 16.3 Å². The molecular formula is C13H17BrClNO2. The second-order valence-electron chi connectivity index (χ2n) is 4.31. The highest BCUT2D eigenvalue weighted by atomic mass is 79.9. The molecule has 0 radical (unpaired) electrons. The Labute approximate surface area is 121 Å². The van der Waals surface area contributed by atoms with E-state index in [-0.39, 0.29) is 17.3 Å². The fourth-order valence-corrected chi connectivity index (χ4v) is 1.47. The Bertz CT molecular complexity index is 381. The maximum absolute atomic E-state index is 11.5. The van der Waals surface area contributed by atoms with Crippen LogP contribution in [-0.4, -0.2) is 23.9 Å². The molecule has 3 nitrogen and oxygen atoms in total. The van der Waals surface area contributed by atoms with Crippen LogP contribution in [0, 0.1) is 5.92 Å². The average molecular weight is 335 g/mol. The number of amides is 1. The van der Waals surface area contributed by atoms with Crippen molar-refractivity contribution in [3.8, 4) is 5.75 Å². The minimum Gasteiger partial charge on any atom is -0.484 e. The first-order valence-corrected chi connectivity index (χ1v) is 7.07. The van der Waals surface area contributed by atoms with Crippen molar-refractivity contribution in [2.24, 2.45) is 5.92 Å². The second-order valence-corrected chi connectivity index (χ2v) is 5.92. The van der Waals surface area contributed by atoms with Crippen molar-refractivity contribution >= 4 is 33.4 Å². The molecule has 1 rings (SSSR count). The fraction of sp³-hybridized carbons (Fsp3) is 0.462. The highest BCUT2D eigenvalue weighted by Gasteiger charge is 2.10. The fourth-order valence-electron chi connectivity index (χ4n) is 1.18. The SMILES string of the molecule is CC(C)C(Br)CNC(=O)COc1ccc(Cl)cc1. The summed E-state index contributed by atoms with van der Waals surface area (Å²) in [7, 11) is 0. The first-order chi connectivity index (χ1) is 8.49. The Morgan fingerprint density at radius 1 is 1.39 bits per heavy atom. The number of hydrogen-bond acceptors (Lipinski definition) is 2. The minimum atomic E-state index is -0.130. The molecule has 0 bridgehead atoms. The van der Waals surface area contributed by atoms with Crippen LogP contribution in [0.5, 0.6) is 5.75 Å². The third-order valence-corrected chi connectivity index (χ3v) is 4.03. The van der Waals surface area contributed by atoms with Crippen LogP contribution in [0.4, 0.5) is 0 Å². The van der Waals surface area contributed by atoms with E-state index in [1.807, 2.05) is 0 Å². The van der Waals surface area contributed by atoms with Crippen molar-refractivity contribution in [3.05, 3.63) is 29.3 Å². The van der Waals surface area contributed by atoms with Gasteiger partial charge in [-0.2, -0.15) is 0 Å². The summed E-state index contributed by atoms with van der Waals surface area (Å²) in [6, 6.07) is 6.91. The van der Waals surface area contributed by atoms with Crippen molar-refractivity contribution in [2.45, 2.75) is 18.7 Å². The van der Waals surface area contributed by atoms with E-state index in [2.05, 4.69) is 35.1 Å². The number of nitrogens with one attached hydrogen (secondary N) is 1. The molecule has 0 aliphatic carbocycles. The summed E-state index contributed by atoms with van der Waals surface area (Å²) in [5.41, 5.74) is 0. The zero-order chi connectivity index (χ0) is 13.5. The van der Waals surface area contributed by atoms with Crippen LogP contribution in [0.25, 0.3) is 0 Å². The number of alkyl halides is 1. The first-order valence-electron chi connectivity index (χ1n) is 5.78. The van der Waals surface area contributed by atoms with Gasteiger partial charge in [0.1, 0.15) is 5.75 Å². The maximum Gasteiger partial charge on any atom is 0.257 e. The maximum atomic E-state index is 11.5. The molecule has 0 heterocycles. The number of ether oxygens (including phenoxy) is 1. The van der Waals surface area contributed by atoms with Gasteiger partial charge >= 0.3 is 0 Å². The molecule has 5 heteroatoms. The Morgan fingerprint density at radius 3 is 2.56 bits per heavy atom. The third-order valence-electron chi connectivity index (χ3n) is 2.40. The predicted octanol–water partition coefficient (Wildman–Crippen LogP) is 3.25. The molecule has 18 heavy (non-hydrogen) atoms. The molecule has 0 aliphatic rings. The van der Waals surface area contributed by atoms with Crippen LogP contribution < -0.4 is 10.1 Å². The van der Waals surface area contributed by atoms with Gasteiger partial charge in [-0.3, -0.25) is 4.79 Å². The van der Waals surface area contributed by atoms with E-state index in [1.165, 1.54) is 0 Å². The molecule has 100 valence electrons. The summed E-state index contributed by atoms with van der Waals surface area (Å²) in [6.07, 6.45) is 0.